The van der Waals surface area contributed by atoms with E-state index in [9.17, 15) is 9.59 Å². The Balaban J connectivity index is 1.64. The van der Waals surface area contributed by atoms with Gasteiger partial charge in [-0.05, 0) is 50.9 Å². The van der Waals surface area contributed by atoms with Gasteiger partial charge in [0.1, 0.15) is 0 Å². The number of amides is 3. The Kier molecular flexibility index (Phi) is 7.74. The largest absolute Gasteiger partial charge is 0.353 e. The van der Waals surface area contributed by atoms with Crippen LogP contribution in [0.15, 0.2) is 0 Å². The van der Waals surface area contributed by atoms with E-state index in [0.717, 1.165) is 13.1 Å². The topological polar surface area (TPSA) is 73.5 Å². The van der Waals surface area contributed by atoms with Crippen LogP contribution < -0.4 is 16.0 Å². The summed E-state index contributed by atoms with van der Waals surface area (Å²) in [7, 11) is 0. The smallest absolute Gasteiger partial charge is 0.315 e. The number of hydrogen-bond donors (Lipinski definition) is 3. The van der Waals surface area contributed by atoms with Gasteiger partial charge in [-0.1, -0.05) is 26.7 Å². The molecular formula is C20H38N4O2. The summed E-state index contributed by atoms with van der Waals surface area (Å²) in [4.78, 5) is 26.4. The zero-order valence-corrected chi connectivity index (χ0v) is 17.1. The lowest BCUT2D eigenvalue weighted by Gasteiger charge is -2.45. The van der Waals surface area contributed by atoms with E-state index in [2.05, 4.69) is 48.5 Å². The van der Waals surface area contributed by atoms with Gasteiger partial charge in [0, 0.05) is 31.7 Å². The van der Waals surface area contributed by atoms with Crippen LogP contribution in [0.5, 0.6) is 0 Å². The van der Waals surface area contributed by atoms with Gasteiger partial charge in [-0.15, -0.1) is 0 Å². The van der Waals surface area contributed by atoms with Crippen molar-refractivity contribution in [3.8, 4) is 0 Å². The van der Waals surface area contributed by atoms with Crippen LogP contribution in [0.4, 0.5) is 4.79 Å². The second-order valence-electron chi connectivity index (χ2n) is 9.15. The van der Waals surface area contributed by atoms with E-state index in [0.29, 0.717) is 30.8 Å². The van der Waals surface area contributed by atoms with Crippen molar-refractivity contribution in [2.45, 2.75) is 65.3 Å². The minimum atomic E-state index is -0.245. The van der Waals surface area contributed by atoms with Gasteiger partial charge in [0.2, 0.25) is 5.91 Å². The molecule has 2 atom stereocenters. The Hall–Kier alpha value is -1.30. The number of urea groups is 1. The number of nitrogens with one attached hydrogen (secondary N) is 3. The molecule has 6 heteroatoms. The summed E-state index contributed by atoms with van der Waals surface area (Å²) in [6.07, 6.45) is 6.20. The highest BCUT2D eigenvalue weighted by Crippen LogP contribution is 2.27. The highest BCUT2D eigenvalue weighted by atomic mass is 16.2. The molecule has 1 aliphatic carbocycles. The first-order chi connectivity index (χ1) is 12.3. The Morgan fingerprint density at radius 1 is 1.00 bits per heavy atom. The van der Waals surface area contributed by atoms with E-state index in [1.165, 1.54) is 32.1 Å². The normalized spacial score (nSPS) is 25.1. The minimum absolute atomic E-state index is 0.0272. The molecule has 1 aliphatic heterocycles. The number of carbonyl (C=O) groups is 2. The summed E-state index contributed by atoms with van der Waals surface area (Å²) in [6.45, 7) is 12.4. The number of rotatable bonds is 7. The summed E-state index contributed by atoms with van der Waals surface area (Å²) in [5.41, 5.74) is -0.0800. The highest BCUT2D eigenvalue weighted by molar-refractivity contribution is 5.83. The fourth-order valence-electron chi connectivity index (χ4n) is 4.32. The quantitative estimate of drug-likeness (QED) is 0.647. The lowest BCUT2D eigenvalue weighted by molar-refractivity contribution is -0.120. The molecule has 0 aromatic carbocycles. The molecule has 0 aromatic rings. The number of piperidine rings is 1. The van der Waals surface area contributed by atoms with Crippen LogP contribution in [-0.4, -0.2) is 55.1 Å². The fourth-order valence-corrected chi connectivity index (χ4v) is 4.32. The second kappa shape index (κ2) is 9.58. The predicted octanol–water partition coefficient (Wildman–Crippen LogP) is 2.35. The van der Waals surface area contributed by atoms with Crippen molar-refractivity contribution in [1.82, 2.24) is 20.9 Å². The molecule has 3 amide bonds. The van der Waals surface area contributed by atoms with Crippen LogP contribution in [0.1, 0.15) is 59.8 Å². The summed E-state index contributed by atoms with van der Waals surface area (Å²) in [5, 5.41) is 8.52. The lowest BCUT2D eigenvalue weighted by Crippen LogP contribution is -2.56. The number of carbonyl (C=O) groups excluding carboxylic acids is 2. The first-order valence-corrected chi connectivity index (χ1v) is 10.3. The summed E-state index contributed by atoms with van der Waals surface area (Å²) in [6, 6.07) is -0.245. The number of likely N-dealkylation sites (tertiary alicyclic amines) is 1. The van der Waals surface area contributed by atoms with Crippen molar-refractivity contribution >= 4 is 11.9 Å². The van der Waals surface area contributed by atoms with Gasteiger partial charge >= 0.3 is 6.03 Å². The van der Waals surface area contributed by atoms with E-state index in [1.807, 2.05) is 0 Å². The lowest BCUT2D eigenvalue weighted by atomic mass is 9.88. The van der Waals surface area contributed by atoms with E-state index in [-0.39, 0.29) is 24.0 Å². The van der Waals surface area contributed by atoms with Crippen LogP contribution in [-0.2, 0) is 4.79 Å². The summed E-state index contributed by atoms with van der Waals surface area (Å²) >= 11 is 0. The van der Waals surface area contributed by atoms with Gasteiger partial charge in [-0.25, -0.2) is 4.79 Å². The van der Waals surface area contributed by atoms with Crippen LogP contribution in [0.3, 0.4) is 0 Å². The third-order valence-electron chi connectivity index (χ3n) is 5.88. The maximum absolute atomic E-state index is 12.1. The Morgan fingerprint density at radius 3 is 2.23 bits per heavy atom. The Labute approximate surface area is 158 Å². The molecule has 2 fully saturated rings. The van der Waals surface area contributed by atoms with Crippen molar-refractivity contribution in [2.75, 3.05) is 32.7 Å². The molecule has 2 aliphatic rings. The van der Waals surface area contributed by atoms with Gasteiger partial charge in [-0.2, -0.15) is 0 Å². The number of nitrogens with zero attached hydrogens (tertiary/aromatic N) is 1. The molecule has 0 aromatic heterocycles. The number of hydrogen-bond acceptors (Lipinski definition) is 3. The van der Waals surface area contributed by atoms with Crippen LogP contribution >= 0.6 is 0 Å². The van der Waals surface area contributed by atoms with Gasteiger partial charge in [0.05, 0.1) is 6.54 Å². The molecule has 1 saturated carbocycles. The van der Waals surface area contributed by atoms with Crippen LogP contribution in [0, 0.1) is 17.8 Å². The summed E-state index contributed by atoms with van der Waals surface area (Å²) in [5.74, 6) is 1.86. The Morgan fingerprint density at radius 2 is 1.62 bits per heavy atom. The molecule has 150 valence electrons. The molecule has 3 N–H and O–H groups in total. The predicted molar refractivity (Wildman–Crippen MR) is 105 cm³/mol. The molecule has 1 saturated heterocycles. The maximum Gasteiger partial charge on any atom is 0.315 e. The third kappa shape index (κ3) is 6.78. The molecule has 0 spiro atoms. The Bertz CT molecular complexity index is 464. The monoisotopic (exact) mass is 366 g/mol. The van der Waals surface area contributed by atoms with Crippen LogP contribution in [0.2, 0.25) is 0 Å². The van der Waals surface area contributed by atoms with Crippen molar-refractivity contribution in [2.24, 2.45) is 17.8 Å². The first kappa shape index (κ1) is 21.0. The summed E-state index contributed by atoms with van der Waals surface area (Å²) < 4.78 is 0. The molecule has 0 bridgehead atoms. The zero-order chi connectivity index (χ0) is 19.2. The standard InChI is InChI=1S/C20H38N4O2/c1-15-9-16(2)13-24(12-15)20(3,4)14-23-18(25)11-22-19(26)21-10-17-7-5-6-8-17/h15-17H,5-14H2,1-4H3,(H,23,25)(H2,21,22,26). The third-order valence-corrected chi connectivity index (χ3v) is 5.88. The first-order valence-electron chi connectivity index (χ1n) is 10.3. The molecule has 1 heterocycles. The molecule has 2 unspecified atom stereocenters. The van der Waals surface area contributed by atoms with Crippen molar-refractivity contribution < 1.29 is 9.59 Å². The maximum atomic E-state index is 12.1. The van der Waals surface area contributed by atoms with Gasteiger partial charge in [0.25, 0.3) is 0 Å². The fraction of sp³-hybridized carbons (Fsp3) is 0.900. The van der Waals surface area contributed by atoms with E-state index in [1.54, 1.807) is 0 Å². The molecule has 2 rings (SSSR count). The van der Waals surface area contributed by atoms with Gasteiger partial charge in [-0.3, -0.25) is 9.69 Å². The van der Waals surface area contributed by atoms with Gasteiger partial charge < -0.3 is 16.0 Å². The molecular weight excluding hydrogens is 328 g/mol. The highest BCUT2D eigenvalue weighted by Gasteiger charge is 2.32. The molecule has 26 heavy (non-hydrogen) atoms. The molecule has 0 radical (unpaired) electrons. The minimum Gasteiger partial charge on any atom is -0.353 e. The zero-order valence-electron chi connectivity index (χ0n) is 17.1. The van der Waals surface area contributed by atoms with E-state index >= 15 is 0 Å². The van der Waals surface area contributed by atoms with Gasteiger partial charge in [0.15, 0.2) is 0 Å². The van der Waals surface area contributed by atoms with Crippen molar-refractivity contribution in [3.05, 3.63) is 0 Å². The van der Waals surface area contributed by atoms with Crippen LogP contribution in [0.25, 0.3) is 0 Å². The second-order valence-corrected chi connectivity index (χ2v) is 9.15. The van der Waals surface area contributed by atoms with Crippen molar-refractivity contribution in [3.63, 3.8) is 0 Å². The van der Waals surface area contributed by atoms with E-state index in [4.69, 9.17) is 0 Å². The molecule has 6 nitrogen and oxygen atoms in total. The average Bonchev–Trinajstić information content (AvgIpc) is 3.09. The average molecular weight is 367 g/mol. The van der Waals surface area contributed by atoms with E-state index < -0.39 is 0 Å². The SMILES string of the molecule is CC1CC(C)CN(C(C)(C)CNC(=O)CNC(=O)NCC2CCCC2)C1. The van der Waals surface area contributed by atoms with Crippen molar-refractivity contribution in [1.29, 1.82) is 0 Å².